The first kappa shape index (κ1) is 13.6. The summed E-state index contributed by atoms with van der Waals surface area (Å²) < 4.78 is 7.41. The molecule has 0 aliphatic rings. The molecule has 0 unspecified atom stereocenters. The Hall–Kier alpha value is -1.85. The molecule has 1 aromatic carbocycles. The molecule has 0 amide bonds. The zero-order valence-electron chi connectivity index (χ0n) is 10.4. The maximum atomic E-state index is 5.82. The smallest absolute Gasteiger partial charge is 0.132 e. The second-order valence-electron chi connectivity index (χ2n) is 3.90. The van der Waals surface area contributed by atoms with Crippen molar-refractivity contribution in [2.75, 3.05) is 0 Å². The van der Waals surface area contributed by atoms with E-state index in [9.17, 15) is 0 Å². The predicted octanol–water partition coefficient (Wildman–Crippen LogP) is 2.16. The Labute approximate surface area is 116 Å². The summed E-state index contributed by atoms with van der Waals surface area (Å²) in [5.74, 6) is 0.735. The van der Waals surface area contributed by atoms with E-state index in [0.717, 1.165) is 17.1 Å². The normalized spacial score (nSPS) is 10.4. The molecule has 0 aliphatic carbocycles. The first-order valence-electron chi connectivity index (χ1n) is 5.85. The summed E-state index contributed by atoms with van der Waals surface area (Å²) in [6, 6.07) is 7.18. The van der Waals surface area contributed by atoms with Gasteiger partial charge in [-0.25, -0.2) is 4.68 Å². The van der Waals surface area contributed by atoms with Gasteiger partial charge >= 0.3 is 0 Å². The predicted molar refractivity (Wildman–Crippen MR) is 73.9 cm³/mol. The molecule has 1 aromatic heterocycles. The monoisotopic (exact) mass is 278 g/mol. The average Bonchev–Trinajstić information content (AvgIpc) is 2.81. The number of nitrogens with zero attached hydrogens (tertiary/aromatic N) is 3. The van der Waals surface area contributed by atoms with Gasteiger partial charge in [0.05, 0.1) is 6.54 Å². The third-order valence-electron chi connectivity index (χ3n) is 2.60. The average molecular weight is 279 g/mol. The zero-order chi connectivity index (χ0) is 13.7. The lowest BCUT2D eigenvalue weighted by atomic mass is 10.3. The van der Waals surface area contributed by atoms with Crippen molar-refractivity contribution in [3.63, 3.8) is 0 Å². The van der Waals surface area contributed by atoms with E-state index >= 15 is 0 Å². The highest BCUT2D eigenvalue weighted by Gasteiger charge is 2.11. The van der Waals surface area contributed by atoms with Crippen molar-refractivity contribution in [1.29, 1.82) is 0 Å². The van der Waals surface area contributed by atoms with Crippen LogP contribution in [-0.2, 0) is 19.7 Å². The molecule has 0 atom stereocenters. The molecule has 0 spiro atoms. The standard InChI is InChI=1S/C13H15ClN4O/c1-2-7-18-13(12(8-15)16-17-18)9-19-11-5-3-10(14)4-6-11/h2-6H,1,7-9,15H2. The number of halogens is 1. The van der Waals surface area contributed by atoms with E-state index in [1.54, 1.807) is 22.9 Å². The summed E-state index contributed by atoms with van der Waals surface area (Å²) in [6.07, 6.45) is 1.75. The summed E-state index contributed by atoms with van der Waals surface area (Å²) in [4.78, 5) is 0. The lowest BCUT2D eigenvalue weighted by Gasteiger charge is -2.08. The molecule has 0 bridgehead atoms. The summed E-state index contributed by atoms with van der Waals surface area (Å²) in [5, 5.41) is 8.71. The van der Waals surface area contributed by atoms with Gasteiger partial charge in [-0.05, 0) is 24.3 Å². The van der Waals surface area contributed by atoms with Gasteiger partial charge in [-0.2, -0.15) is 0 Å². The Morgan fingerprint density at radius 2 is 2.11 bits per heavy atom. The second kappa shape index (κ2) is 6.36. The maximum absolute atomic E-state index is 5.82. The fourth-order valence-electron chi connectivity index (χ4n) is 1.64. The Morgan fingerprint density at radius 1 is 1.37 bits per heavy atom. The van der Waals surface area contributed by atoms with Crippen molar-refractivity contribution < 1.29 is 4.74 Å². The van der Waals surface area contributed by atoms with Gasteiger partial charge in [-0.15, -0.1) is 11.7 Å². The van der Waals surface area contributed by atoms with Gasteiger partial charge < -0.3 is 10.5 Å². The highest BCUT2D eigenvalue weighted by Crippen LogP contribution is 2.17. The Kier molecular flexibility index (Phi) is 4.54. The van der Waals surface area contributed by atoms with Crippen LogP contribution in [0, 0.1) is 0 Å². The quantitative estimate of drug-likeness (QED) is 0.822. The topological polar surface area (TPSA) is 66.0 Å². The summed E-state index contributed by atoms with van der Waals surface area (Å²) in [5.41, 5.74) is 7.23. The van der Waals surface area contributed by atoms with Crippen LogP contribution < -0.4 is 10.5 Å². The molecule has 100 valence electrons. The molecule has 2 N–H and O–H groups in total. The summed E-state index contributed by atoms with van der Waals surface area (Å²) >= 11 is 5.82. The first-order valence-corrected chi connectivity index (χ1v) is 6.23. The number of rotatable bonds is 6. The lowest BCUT2D eigenvalue weighted by molar-refractivity contribution is 0.292. The van der Waals surface area contributed by atoms with E-state index in [1.165, 1.54) is 0 Å². The summed E-state index contributed by atoms with van der Waals surface area (Å²) in [7, 11) is 0. The van der Waals surface area contributed by atoms with Crippen LogP contribution in [0.3, 0.4) is 0 Å². The number of ether oxygens (including phenoxy) is 1. The molecule has 0 saturated heterocycles. The van der Waals surface area contributed by atoms with Crippen molar-refractivity contribution in [3.8, 4) is 5.75 Å². The summed E-state index contributed by atoms with van der Waals surface area (Å²) in [6.45, 7) is 4.95. The molecule has 0 fully saturated rings. The Bertz CT molecular complexity index is 550. The molecule has 2 rings (SSSR count). The lowest BCUT2D eigenvalue weighted by Crippen LogP contribution is -2.10. The molecule has 19 heavy (non-hydrogen) atoms. The molecule has 0 saturated carbocycles. The molecule has 0 aliphatic heterocycles. The van der Waals surface area contributed by atoms with Crippen LogP contribution >= 0.6 is 11.6 Å². The van der Waals surface area contributed by atoms with Crippen molar-refractivity contribution in [2.45, 2.75) is 19.7 Å². The van der Waals surface area contributed by atoms with E-state index in [1.807, 2.05) is 12.1 Å². The van der Waals surface area contributed by atoms with Gasteiger partial charge in [0.25, 0.3) is 0 Å². The third kappa shape index (κ3) is 3.33. The molecule has 0 radical (unpaired) electrons. The third-order valence-corrected chi connectivity index (χ3v) is 2.85. The van der Waals surface area contributed by atoms with Crippen molar-refractivity contribution >= 4 is 11.6 Å². The van der Waals surface area contributed by atoms with Gasteiger partial charge in [0, 0.05) is 11.6 Å². The van der Waals surface area contributed by atoms with Crippen LogP contribution in [0.4, 0.5) is 0 Å². The van der Waals surface area contributed by atoms with Gasteiger partial charge in [0.2, 0.25) is 0 Å². The zero-order valence-corrected chi connectivity index (χ0v) is 11.2. The van der Waals surface area contributed by atoms with E-state index in [2.05, 4.69) is 16.9 Å². The van der Waals surface area contributed by atoms with Gasteiger partial charge in [-0.3, -0.25) is 0 Å². The first-order chi connectivity index (χ1) is 9.24. The SMILES string of the molecule is C=CCn1nnc(CN)c1COc1ccc(Cl)cc1. The minimum Gasteiger partial charge on any atom is -0.487 e. The number of aromatic nitrogens is 3. The Balaban J connectivity index is 2.11. The maximum Gasteiger partial charge on any atom is 0.132 e. The molecule has 6 heteroatoms. The molecule has 5 nitrogen and oxygen atoms in total. The highest BCUT2D eigenvalue weighted by atomic mass is 35.5. The molecule has 2 aromatic rings. The van der Waals surface area contributed by atoms with Crippen LogP contribution in [0.15, 0.2) is 36.9 Å². The van der Waals surface area contributed by atoms with E-state index < -0.39 is 0 Å². The number of allylic oxidation sites excluding steroid dienone is 1. The van der Waals surface area contributed by atoms with E-state index in [-0.39, 0.29) is 0 Å². The molecular weight excluding hydrogens is 264 g/mol. The van der Waals surface area contributed by atoms with Crippen molar-refractivity contribution in [2.24, 2.45) is 5.73 Å². The van der Waals surface area contributed by atoms with Crippen LogP contribution in [0.2, 0.25) is 5.02 Å². The van der Waals surface area contributed by atoms with E-state index in [0.29, 0.717) is 24.7 Å². The van der Waals surface area contributed by atoms with Gasteiger partial charge in [0.15, 0.2) is 0 Å². The largest absolute Gasteiger partial charge is 0.487 e. The Morgan fingerprint density at radius 3 is 2.74 bits per heavy atom. The fourth-order valence-corrected chi connectivity index (χ4v) is 1.76. The van der Waals surface area contributed by atoms with Gasteiger partial charge in [0.1, 0.15) is 23.7 Å². The van der Waals surface area contributed by atoms with Crippen molar-refractivity contribution in [3.05, 3.63) is 53.3 Å². The fraction of sp³-hybridized carbons (Fsp3) is 0.231. The highest BCUT2D eigenvalue weighted by molar-refractivity contribution is 6.30. The number of hydrogen-bond acceptors (Lipinski definition) is 4. The number of benzene rings is 1. The number of hydrogen-bond donors (Lipinski definition) is 1. The molecule has 1 heterocycles. The van der Waals surface area contributed by atoms with Crippen LogP contribution in [0.1, 0.15) is 11.4 Å². The van der Waals surface area contributed by atoms with Crippen LogP contribution in [-0.4, -0.2) is 15.0 Å². The second-order valence-corrected chi connectivity index (χ2v) is 4.34. The minimum absolute atomic E-state index is 0.330. The molecular formula is C13H15ClN4O. The number of nitrogens with two attached hydrogens (primary N) is 1. The van der Waals surface area contributed by atoms with Crippen molar-refractivity contribution in [1.82, 2.24) is 15.0 Å². The minimum atomic E-state index is 0.330. The van der Waals surface area contributed by atoms with E-state index in [4.69, 9.17) is 22.1 Å². The van der Waals surface area contributed by atoms with Crippen LogP contribution in [0.5, 0.6) is 5.75 Å². The van der Waals surface area contributed by atoms with Gasteiger partial charge in [-0.1, -0.05) is 22.9 Å². The van der Waals surface area contributed by atoms with Crippen LogP contribution in [0.25, 0.3) is 0 Å².